The highest BCUT2D eigenvalue weighted by Crippen LogP contribution is 2.43. The van der Waals surface area contributed by atoms with Gasteiger partial charge in [-0.2, -0.15) is 0 Å². The van der Waals surface area contributed by atoms with Crippen molar-refractivity contribution in [3.63, 3.8) is 0 Å². The van der Waals surface area contributed by atoms with Crippen molar-refractivity contribution in [2.75, 3.05) is 4.90 Å². The van der Waals surface area contributed by atoms with E-state index in [4.69, 9.17) is 4.42 Å². The normalized spacial score (nSPS) is 11.7. The standard InChI is InChI=1S/C68H44N2O/c1-2-14-45(15-3-1)51-35-41-58(66(44-51)70-64-25-9-6-20-60(64)61-21-7-10-26-65(61)70)47-30-36-53(37-31-47)69(54-38-32-48(33-39-54)59-23-13-24-63-62-22-8-11-27-67(62)71-68(59)63)55-18-12-17-49(43-55)50-34-40-57-52(42-50)29-28-46-16-4-5-19-56(46)57/h1-44H. The summed E-state index contributed by atoms with van der Waals surface area (Å²) in [5.41, 5.74) is 17.6. The molecular weight excluding hydrogens is 861 g/mol. The summed E-state index contributed by atoms with van der Waals surface area (Å²) in [6.07, 6.45) is 0. The largest absolute Gasteiger partial charge is 0.455 e. The summed E-state index contributed by atoms with van der Waals surface area (Å²) in [6.45, 7) is 0. The quantitative estimate of drug-likeness (QED) is 0.142. The maximum absolute atomic E-state index is 6.50. The van der Waals surface area contributed by atoms with E-state index in [0.29, 0.717) is 0 Å². The van der Waals surface area contributed by atoms with Gasteiger partial charge in [-0.25, -0.2) is 0 Å². The van der Waals surface area contributed by atoms with Gasteiger partial charge in [0.2, 0.25) is 0 Å². The zero-order valence-corrected chi connectivity index (χ0v) is 38.7. The van der Waals surface area contributed by atoms with Crippen LogP contribution < -0.4 is 4.90 Å². The number of furan rings is 1. The number of aromatic nitrogens is 1. The highest BCUT2D eigenvalue weighted by molar-refractivity contribution is 6.11. The molecule has 2 heterocycles. The number of hydrogen-bond acceptors (Lipinski definition) is 2. The first-order valence-electron chi connectivity index (χ1n) is 24.3. The third-order valence-corrected chi connectivity index (χ3v) is 14.4. The molecule has 0 aliphatic carbocycles. The van der Waals surface area contributed by atoms with Crippen molar-refractivity contribution in [1.29, 1.82) is 0 Å². The van der Waals surface area contributed by atoms with Gasteiger partial charge in [0, 0.05) is 49.7 Å². The second kappa shape index (κ2) is 16.7. The van der Waals surface area contributed by atoms with Crippen molar-refractivity contribution < 1.29 is 4.42 Å². The Morgan fingerprint density at radius 1 is 0.282 bits per heavy atom. The van der Waals surface area contributed by atoms with E-state index in [1.165, 1.54) is 60.0 Å². The van der Waals surface area contributed by atoms with Gasteiger partial charge < -0.3 is 13.9 Å². The summed E-state index contributed by atoms with van der Waals surface area (Å²) in [4.78, 5) is 2.37. The average molecular weight is 905 g/mol. The van der Waals surface area contributed by atoms with Crippen LogP contribution in [0.3, 0.4) is 0 Å². The lowest BCUT2D eigenvalue weighted by atomic mass is 9.96. The lowest BCUT2D eigenvalue weighted by Gasteiger charge is -2.26. The zero-order chi connectivity index (χ0) is 46.8. The summed E-state index contributed by atoms with van der Waals surface area (Å²) in [7, 11) is 0. The predicted molar refractivity (Wildman–Crippen MR) is 299 cm³/mol. The first-order valence-corrected chi connectivity index (χ1v) is 24.3. The molecular formula is C68H44N2O. The van der Waals surface area contributed by atoms with Gasteiger partial charge in [0.1, 0.15) is 11.2 Å². The first kappa shape index (κ1) is 40.6. The molecule has 14 aromatic rings. The summed E-state index contributed by atoms with van der Waals surface area (Å²) in [5, 5.41) is 9.75. The third kappa shape index (κ3) is 6.89. The molecule has 0 spiro atoms. The van der Waals surface area contributed by atoms with Crippen molar-refractivity contribution in [1.82, 2.24) is 4.57 Å². The second-order valence-corrected chi connectivity index (χ2v) is 18.5. The van der Waals surface area contributed by atoms with Crippen LogP contribution in [0.2, 0.25) is 0 Å². The molecule has 332 valence electrons. The molecule has 0 aliphatic rings. The highest BCUT2D eigenvalue weighted by atomic mass is 16.3. The molecule has 0 saturated heterocycles. The van der Waals surface area contributed by atoms with Crippen LogP contribution in [-0.4, -0.2) is 4.57 Å². The van der Waals surface area contributed by atoms with Crippen LogP contribution in [-0.2, 0) is 0 Å². The first-order chi connectivity index (χ1) is 35.2. The predicted octanol–water partition coefficient (Wildman–Crippen LogP) is 19.1. The molecule has 0 aliphatic heterocycles. The maximum Gasteiger partial charge on any atom is 0.143 e. The molecule has 0 radical (unpaired) electrons. The lowest BCUT2D eigenvalue weighted by molar-refractivity contribution is 0.670. The van der Waals surface area contributed by atoms with E-state index in [0.717, 1.165) is 72.5 Å². The minimum atomic E-state index is 0.898. The molecule has 71 heavy (non-hydrogen) atoms. The van der Waals surface area contributed by atoms with Gasteiger partial charge in [0.25, 0.3) is 0 Å². The zero-order valence-electron chi connectivity index (χ0n) is 38.7. The lowest BCUT2D eigenvalue weighted by Crippen LogP contribution is -2.10. The molecule has 12 aromatic carbocycles. The number of hydrogen-bond donors (Lipinski definition) is 0. The fourth-order valence-electron chi connectivity index (χ4n) is 11.0. The number of nitrogens with zero attached hydrogens (tertiary/aromatic N) is 2. The molecule has 0 saturated carbocycles. The molecule has 0 unspecified atom stereocenters. The van der Waals surface area contributed by atoms with Gasteiger partial charge in [0.15, 0.2) is 0 Å². The summed E-state index contributed by atoms with van der Waals surface area (Å²) in [5.74, 6) is 0. The van der Waals surface area contributed by atoms with Gasteiger partial charge >= 0.3 is 0 Å². The Labute approximate surface area is 411 Å². The van der Waals surface area contributed by atoms with E-state index < -0.39 is 0 Å². The smallest absolute Gasteiger partial charge is 0.143 e. The SMILES string of the molecule is c1ccc(-c2ccc(-c3ccc(N(c4ccc(-c5cccc6c5oc5ccccc56)cc4)c4cccc(-c5ccc6c(ccc7ccccc76)c5)c4)cc3)c(-n3c4ccccc4c4ccccc43)c2)cc1. The van der Waals surface area contributed by atoms with Crippen molar-refractivity contribution in [3.05, 3.63) is 267 Å². The number of rotatable bonds is 8. The molecule has 0 bridgehead atoms. The molecule has 0 fully saturated rings. The van der Waals surface area contributed by atoms with Crippen LogP contribution in [0.4, 0.5) is 17.1 Å². The Morgan fingerprint density at radius 3 is 1.58 bits per heavy atom. The van der Waals surface area contributed by atoms with Crippen LogP contribution in [0.5, 0.6) is 0 Å². The van der Waals surface area contributed by atoms with E-state index in [1.807, 2.05) is 12.1 Å². The number of anilines is 3. The Kier molecular flexibility index (Phi) is 9.53. The summed E-state index contributed by atoms with van der Waals surface area (Å²) in [6, 6.07) is 96.8. The van der Waals surface area contributed by atoms with Crippen LogP contribution in [0.25, 0.3) is 115 Å². The fourth-order valence-corrected chi connectivity index (χ4v) is 11.0. The molecule has 3 heteroatoms. The molecule has 2 aromatic heterocycles. The number of benzene rings is 12. The second-order valence-electron chi connectivity index (χ2n) is 18.5. The summed E-state index contributed by atoms with van der Waals surface area (Å²) < 4.78 is 8.94. The third-order valence-electron chi connectivity index (χ3n) is 14.4. The van der Waals surface area contributed by atoms with Crippen molar-refractivity contribution in [2.45, 2.75) is 0 Å². The Bertz CT molecular complexity index is 4280. The van der Waals surface area contributed by atoms with E-state index in [2.05, 4.69) is 264 Å². The Balaban J connectivity index is 0.904. The molecule has 3 nitrogen and oxygen atoms in total. The molecule has 0 atom stereocenters. The van der Waals surface area contributed by atoms with Crippen molar-refractivity contribution >= 4 is 82.4 Å². The number of fused-ring (bicyclic) bond motifs is 9. The minimum absolute atomic E-state index is 0.898. The van der Waals surface area contributed by atoms with Gasteiger partial charge in [-0.15, -0.1) is 0 Å². The highest BCUT2D eigenvalue weighted by Gasteiger charge is 2.20. The Morgan fingerprint density at radius 2 is 0.817 bits per heavy atom. The molecule has 14 rings (SSSR count). The van der Waals surface area contributed by atoms with Crippen LogP contribution in [0, 0.1) is 0 Å². The average Bonchev–Trinajstić information content (AvgIpc) is 4.00. The van der Waals surface area contributed by atoms with E-state index in [1.54, 1.807) is 0 Å². The topological polar surface area (TPSA) is 21.3 Å². The van der Waals surface area contributed by atoms with Crippen LogP contribution >= 0.6 is 0 Å². The molecule has 0 N–H and O–H groups in total. The van der Waals surface area contributed by atoms with Crippen LogP contribution in [0.15, 0.2) is 271 Å². The monoisotopic (exact) mass is 904 g/mol. The van der Waals surface area contributed by atoms with Gasteiger partial charge in [-0.05, 0) is 122 Å². The van der Waals surface area contributed by atoms with Crippen molar-refractivity contribution in [2.24, 2.45) is 0 Å². The maximum atomic E-state index is 6.50. The van der Waals surface area contributed by atoms with E-state index in [9.17, 15) is 0 Å². The number of para-hydroxylation sites is 4. The summed E-state index contributed by atoms with van der Waals surface area (Å²) >= 11 is 0. The fraction of sp³-hybridized carbons (Fsp3) is 0. The van der Waals surface area contributed by atoms with Crippen molar-refractivity contribution in [3.8, 4) is 50.2 Å². The van der Waals surface area contributed by atoms with Gasteiger partial charge in [-0.1, -0.05) is 200 Å². The molecule has 0 amide bonds. The van der Waals surface area contributed by atoms with E-state index >= 15 is 0 Å². The Hall–Kier alpha value is -9.44. The van der Waals surface area contributed by atoms with Crippen LogP contribution in [0.1, 0.15) is 0 Å². The van der Waals surface area contributed by atoms with Gasteiger partial charge in [-0.3, -0.25) is 0 Å². The van der Waals surface area contributed by atoms with E-state index in [-0.39, 0.29) is 0 Å². The van der Waals surface area contributed by atoms with Gasteiger partial charge in [0.05, 0.1) is 16.7 Å². The minimum Gasteiger partial charge on any atom is -0.455 e.